The molecule has 0 unspecified atom stereocenters. The third kappa shape index (κ3) is 3.52. The van der Waals surface area contributed by atoms with E-state index in [0.717, 1.165) is 36.2 Å². The lowest BCUT2D eigenvalue weighted by Gasteiger charge is -2.36. The van der Waals surface area contributed by atoms with Crippen LogP contribution in [0.25, 0.3) is 10.2 Å². The van der Waals surface area contributed by atoms with Gasteiger partial charge in [-0.1, -0.05) is 25.2 Å². The van der Waals surface area contributed by atoms with Gasteiger partial charge in [-0.3, -0.25) is 4.90 Å². The van der Waals surface area contributed by atoms with Crippen molar-refractivity contribution in [1.29, 1.82) is 0 Å². The minimum Gasteiger partial charge on any atom is -0.369 e. The lowest BCUT2D eigenvalue weighted by Crippen LogP contribution is -2.47. The number of hydrogen-bond donors (Lipinski definition) is 1. The smallest absolute Gasteiger partial charge is 0.183 e. The van der Waals surface area contributed by atoms with Gasteiger partial charge in [-0.05, 0) is 31.0 Å². The number of rotatable bonds is 5. The highest BCUT2D eigenvalue weighted by molar-refractivity contribution is 7.22. The van der Waals surface area contributed by atoms with Crippen LogP contribution >= 0.6 is 11.3 Å². The van der Waals surface area contributed by atoms with Gasteiger partial charge in [0.1, 0.15) is 0 Å². The van der Waals surface area contributed by atoms with Crippen LogP contribution in [0.4, 0.5) is 10.8 Å². The molecule has 1 saturated heterocycles. The molecule has 0 aliphatic carbocycles. The highest BCUT2D eigenvalue weighted by Crippen LogP contribution is 2.30. The summed E-state index contributed by atoms with van der Waals surface area (Å²) in [6.45, 7) is 13.4. The molecule has 4 nitrogen and oxygen atoms in total. The molecule has 1 N–H and O–H groups in total. The van der Waals surface area contributed by atoms with Crippen molar-refractivity contribution in [3.8, 4) is 0 Å². The van der Waals surface area contributed by atoms with Crippen molar-refractivity contribution in [3.63, 3.8) is 0 Å². The molecule has 3 rings (SSSR count). The van der Waals surface area contributed by atoms with Crippen LogP contribution in [-0.4, -0.2) is 49.2 Å². The zero-order valence-corrected chi connectivity index (χ0v) is 14.6. The zero-order valence-electron chi connectivity index (χ0n) is 13.8. The molecule has 22 heavy (non-hydrogen) atoms. The van der Waals surface area contributed by atoms with E-state index in [1.165, 1.54) is 30.0 Å². The number of benzene rings is 1. The fraction of sp³-hybridized carbons (Fsp3) is 0.588. The molecular weight excluding hydrogens is 292 g/mol. The predicted octanol–water partition coefficient (Wildman–Crippen LogP) is 3.51. The predicted molar refractivity (Wildman–Crippen MR) is 97.3 cm³/mol. The number of thiazole rings is 1. The summed E-state index contributed by atoms with van der Waals surface area (Å²) in [7, 11) is 0. The van der Waals surface area contributed by atoms with E-state index in [0.29, 0.717) is 0 Å². The van der Waals surface area contributed by atoms with Crippen molar-refractivity contribution in [3.05, 3.63) is 18.2 Å². The van der Waals surface area contributed by atoms with E-state index in [1.54, 1.807) is 11.3 Å². The Kier molecular flexibility index (Phi) is 4.84. The molecule has 1 aromatic carbocycles. The van der Waals surface area contributed by atoms with Crippen molar-refractivity contribution < 1.29 is 0 Å². The molecule has 0 atom stereocenters. The van der Waals surface area contributed by atoms with Gasteiger partial charge in [-0.2, -0.15) is 0 Å². The van der Waals surface area contributed by atoms with Gasteiger partial charge in [-0.15, -0.1) is 0 Å². The second kappa shape index (κ2) is 6.84. The molecule has 0 bridgehead atoms. The lowest BCUT2D eigenvalue weighted by molar-refractivity contribution is 0.231. The topological polar surface area (TPSA) is 31.4 Å². The quantitative estimate of drug-likeness (QED) is 0.914. The number of fused-ring (bicyclic) bond motifs is 1. The minimum absolute atomic E-state index is 0.754. The van der Waals surface area contributed by atoms with Gasteiger partial charge in [0.15, 0.2) is 5.13 Å². The summed E-state index contributed by atoms with van der Waals surface area (Å²) in [5.41, 5.74) is 2.44. The van der Waals surface area contributed by atoms with E-state index in [-0.39, 0.29) is 0 Å². The molecule has 2 aromatic rings. The largest absolute Gasteiger partial charge is 0.369 e. The van der Waals surface area contributed by atoms with Gasteiger partial charge in [-0.25, -0.2) is 4.98 Å². The van der Waals surface area contributed by atoms with Gasteiger partial charge in [0.25, 0.3) is 0 Å². The number of nitrogens with zero attached hydrogens (tertiary/aromatic N) is 3. The molecule has 1 aliphatic rings. The van der Waals surface area contributed by atoms with Crippen molar-refractivity contribution >= 4 is 32.4 Å². The number of anilines is 2. The van der Waals surface area contributed by atoms with E-state index in [4.69, 9.17) is 0 Å². The fourth-order valence-corrected chi connectivity index (χ4v) is 4.01. The highest BCUT2D eigenvalue weighted by Gasteiger charge is 2.18. The molecule has 0 radical (unpaired) electrons. The number of hydrogen-bond acceptors (Lipinski definition) is 5. The summed E-state index contributed by atoms with van der Waals surface area (Å²) in [6, 6.07) is 6.67. The van der Waals surface area contributed by atoms with E-state index < -0.39 is 0 Å². The first-order valence-corrected chi connectivity index (χ1v) is 9.09. The molecule has 1 aromatic heterocycles. The summed E-state index contributed by atoms with van der Waals surface area (Å²) in [4.78, 5) is 9.70. The maximum Gasteiger partial charge on any atom is 0.183 e. The van der Waals surface area contributed by atoms with Crippen LogP contribution in [0.3, 0.4) is 0 Å². The maximum absolute atomic E-state index is 4.61. The SMILES string of the molecule is CCNc1nc2ccc(N3CCN(CC(C)C)CC3)cc2s1. The van der Waals surface area contributed by atoms with Gasteiger partial charge in [0, 0.05) is 45.0 Å². The monoisotopic (exact) mass is 318 g/mol. The average Bonchev–Trinajstić information content (AvgIpc) is 2.89. The summed E-state index contributed by atoms with van der Waals surface area (Å²) in [6.07, 6.45) is 0. The van der Waals surface area contributed by atoms with Crippen LogP contribution in [-0.2, 0) is 0 Å². The van der Waals surface area contributed by atoms with Crippen LogP contribution in [0.5, 0.6) is 0 Å². The van der Waals surface area contributed by atoms with Crippen LogP contribution in [0.2, 0.25) is 0 Å². The van der Waals surface area contributed by atoms with Gasteiger partial charge in [0.2, 0.25) is 0 Å². The Hall–Kier alpha value is -1.33. The molecule has 0 saturated carbocycles. The molecule has 120 valence electrons. The molecule has 0 amide bonds. The van der Waals surface area contributed by atoms with Crippen molar-refractivity contribution in [2.45, 2.75) is 20.8 Å². The first kappa shape index (κ1) is 15.6. The van der Waals surface area contributed by atoms with E-state index in [9.17, 15) is 0 Å². The molecule has 1 fully saturated rings. The molecule has 2 heterocycles. The summed E-state index contributed by atoms with van der Waals surface area (Å²) < 4.78 is 1.28. The molecular formula is C17H26N4S. The molecule has 5 heteroatoms. The Bertz CT molecular complexity index is 614. The maximum atomic E-state index is 4.61. The first-order valence-electron chi connectivity index (χ1n) is 8.27. The van der Waals surface area contributed by atoms with Crippen LogP contribution in [0, 0.1) is 5.92 Å². The van der Waals surface area contributed by atoms with Crippen molar-refractivity contribution in [2.24, 2.45) is 5.92 Å². The third-order valence-corrected chi connectivity index (χ3v) is 5.04. The van der Waals surface area contributed by atoms with Gasteiger partial charge in [0.05, 0.1) is 10.2 Å². The Morgan fingerprint density at radius 3 is 2.68 bits per heavy atom. The summed E-state index contributed by atoms with van der Waals surface area (Å²) >= 11 is 1.75. The summed E-state index contributed by atoms with van der Waals surface area (Å²) in [5.74, 6) is 0.754. The first-order chi connectivity index (χ1) is 10.7. The van der Waals surface area contributed by atoms with Crippen LogP contribution < -0.4 is 10.2 Å². The lowest BCUT2D eigenvalue weighted by atomic mass is 10.2. The van der Waals surface area contributed by atoms with E-state index in [2.05, 4.69) is 59.1 Å². The van der Waals surface area contributed by atoms with Crippen molar-refractivity contribution in [1.82, 2.24) is 9.88 Å². The second-order valence-corrected chi connectivity index (χ2v) is 7.41. The summed E-state index contributed by atoms with van der Waals surface area (Å²) in [5, 5.41) is 4.33. The number of aromatic nitrogens is 1. The average molecular weight is 318 g/mol. The number of nitrogens with one attached hydrogen (secondary N) is 1. The van der Waals surface area contributed by atoms with Crippen molar-refractivity contribution in [2.75, 3.05) is 49.5 Å². The Morgan fingerprint density at radius 1 is 1.23 bits per heavy atom. The third-order valence-electron chi connectivity index (χ3n) is 4.06. The van der Waals surface area contributed by atoms with Gasteiger partial charge < -0.3 is 10.2 Å². The molecule has 1 aliphatic heterocycles. The Labute approximate surface area is 137 Å². The van der Waals surface area contributed by atoms with Crippen LogP contribution in [0.1, 0.15) is 20.8 Å². The Morgan fingerprint density at radius 2 is 2.00 bits per heavy atom. The van der Waals surface area contributed by atoms with Gasteiger partial charge >= 0.3 is 0 Å². The normalized spacial score (nSPS) is 16.6. The van der Waals surface area contributed by atoms with Crippen LogP contribution in [0.15, 0.2) is 18.2 Å². The second-order valence-electron chi connectivity index (χ2n) is 6.38. The van der Waals surface area contributed by atoms with E-state index in [1.807, 2.05) is 0 Å². The standard InChI is InChI=1S/C17H26N4S/c1-4-18-17-19-15-6-5-14(11-16(15)22-17)21-9-7-20(8-10-21)12-13(2)3/h5-6,11,13H,4,7-10,12H2,1-3H3,(H,18,19). The highest BCUT2D eigenvalue weighted by atomic mass is 32.1. The Balaban J connectivity index is 1.69. The zero-order chi connectivity index (χ0) is 15.5. The van der Waals surface area contributed by atoms with E-state index >= 15 is 0 Å². The fourth-order valence-electron chi connectivity index (χ4n) is 3.04. The molecule has 0 spiro atoms. The minimum atomic E-state index is 0.754. The number of piperazine rings is 1.